The highest BCUT2D eigenvalue weighted by Crippen LogP contribution is 2.38. The lowest BCUT2D eigenvalue weighted by Gasteiger charge is -2.26. The molecular formula is C34H32N4O2. The van der Waals surface area contributed by atoms with Crippen molar-refractivity contribution in [2.75, 3.05) is 0 Å². The Morgan fingerprint density at radius 2 is 0.850 bits per heavy atom. The lowest BCUT2D eigenvalue weighted by Crippen LogP contribution is -2.22. The predicted molar refractivity (Wildman–Crippen MR) is 161 cm³/mol. The molecule has 0 radical (unpaired) electrons. The molecule has 0 bridgehead atoms. The van der Waals surface area contributed by atoms with Gasteiger partial charge >= 0.3 is 0 Å². The van der Waals surface area contributed by atoms with Gasteiger partial charge in [0, 0.05) is 22.1 Å². The van der Waals surface area contributed by atoms with Gasteiger partial charge in [0.25, 0.3) is 0 Å². The molecule has 2 N–H and O–H groups in total. The maximum atomic E-state index is 9.89. The quantitative estimate of drug-likeness (QED) is 0.212. The van der Waals surface area contributed by atoms with Crippen LogP contribution >= 0.6 is 0 Å². The van der Waals surface area contributed by atoms with Crippen molar-refractivity contribution in [2.45, 2.75) is 38.8 Å². The molecule has 0 atom stereocenters. The first-order valence-electron chi connectivity index (χ1n) is 13.4. The van der Waals surface area contributed by atoms with Crippen LogP contribution in [0.15, 0.2) is 119 Å². The Morgan fingerprint density at radius 1 is 0.500 bits per heavy atom. The van der Waals surface area contributed by atoms with Crippen LogP contribution in [0, 0.1) is 0 Å². The predicted octanol–water partition coefficient (Wildman–Crippen LogP) is 8.61. The van der Waals surface area contributed by atoms with Gasteiger partial charge in [-0.05, 0) is 100 Å². The van der Waals surface area contributed by atoms with Crippen LogP contribution < -0.4 is 0 Å². The van der Waals surface area contributed by atoms with Crippen molar-refractivity contribution in [1.82, 2.24) is 9.13 Å². The molecule has 0 aliphatic carbocycles. The number of aromatic nitrogens is 2. The van der Waals surface area contributed by atoms with Crippen molar-refractivity contribution < 1.29 is 10.2 Å². The third-order valence-corrected chi connectivity index (χ3v) is 7.44. The van der Waals surface area contributed by atoms with Gasteiger partial charge in [-0.25, -0.2) is 0 Å². The second kappa shape index (κ2) is 9.42. The van der Waals surface area contributed by atoms with Gasteiger partial charge in [-0.15, -0.1) is 0 Å². The Bertz CT molecular complexity index is 1720. The standard InChI is InChI=1S/C34H32N4O2/c1-33(2,31-21-23-9-5-7-11-29(23)37(31)25-13-17-27(39)18-14-25)35-36-34(3,4)32-22-24-10-6-8-12-30(24)38(32)26-15-19-28(40)20-16-26/h5-22,39-40H,1-4H3. The first kappa shape index (κ1) is 25.4. The Balaban J connectivity index is 1.46. The van der Waals surface area contributed by atoms with Crippen molar-refractivity contribution in [3.8, 4) is 22.9 Å². The van der Waals surface area contributed by atoms with Gasteiger partial charge < -0.3 is 19.3 Å². The fourth-order valence-corrected chi connectivity index (χ4v) is 5.32. The summed E-state index contributed by atoms with van der Waals surface area (Å²) in [5, 5.41) is 32.0. The molecule has 0 spiro atoms. The molecule has 6 heteroatoms. The van der Waals surface area contributed by atoms with Crippen LogP contribution in [0.2, 0.25) is 0 Å². The number of para-hydroxylation sites is 2. The van der Waals surface area contributed by atoms with Crippen LogP contribution in [0.1, 0.15) is 39.1 Å². The monoisotopic (exact) mass is 528 g/mol. The van der Waals surface area contributed by atoms with Crippen molar-refractivity contribution >= 4 is 21.8 Å². The fourth-order valence-electron chi connectivity index (χ4n) is 5.32. The molecule has 200 valence electrons. The van der Waals surface area contributed by atoms with E-state index in [1.54, 1.807) is 24.3 Å². The van der Waals surface area contributed by atoms with E-state index in [4.69, 9.17) is 10.2 Å². The van der Waals surface area contributed by atoms with Crippen LogP contribution in [0.4, 0.5) is 0 Å². The van der Waals surface area contributed by atoms with Crippen LogP contribution in [0.3, 0.4) is 0 Å². The van der Waals surface area contributed by atoms with E-state index in [1.165, 1.54) is 0 Å². The second-order valence-electron chi connectivity index (χ2n) is 11.2. The van der Waals surface area contributed by atoms with E-state index in [0.29, 0.717) is 0 Å². The van der Waals surface area contributed by atoms with Gasteiger partial charge in [-0.3, -0.25) is 0 Å². The third kappa shape index (κ3) is 4.41. The summed E-state index contributed by atoms with van der Waals surface area (Å²) in [5.74, 6) is 0.456. The second-order valence-corrected chi connectivity index (χ2v) is 11.2. The SMILES string of the molecule is CC(C)(N=NC(C)(C)c1cc2ccccc2n1-c1ccc(O)cc1)c1cc2ccccc2n1-c1ccc(O)cc1. The highest BCUT2D eigenvalue weighted by molar-refractivity contribution is 5.84. The third-order valence-electron chi connectivity index (χ3n) is 7.44. The topological polar surface area (TPSA) is 75.0 Å². The molecule has 40 heavy (non-hydrogen) atoms. The Kier molecular flexibility index (Phi) is 5.99. The summed E-state index contributed by atoms with van der Waals surface area (Å²) in [4.78, 5) is 0. The summed E-state index contributed by atoms with van der Waals surface area (Å²) >= 11 is 0. The molecule has 2 aromatic heterocycles. The van der Waals surface area contributed by atoms with E-state index in [-0.39, 0.29) is 11.5 Å². The summed E-state index contributed by atoms with van der Waals surface area (Å²) in [5.41, 5.74) is 4.70. The summed E-state index contributed by atoms with van der Waals surface area (Å²) in [7, 11) is 0. The highest BCUT2D eigenvalue weighted by atomic mass is 16.3. The van der Waals surface area contributed by atoms with E-state index in [9.17, 15) is 10.2 Å². The molecule has 2 heterocycles. The van der Waals surface area contributed by atoms with Crippen molar-refractivity contribution in [3.63, 3.8) is 0 Å². The molecule has 6 nitrogen and oxygen atoms in total. The van der Waals surface area contributed by atoms with Crippen LogP contribution in [0.25, 0.3) is 33.2 Å². The number of phenols is 2. The Labute approximate surface area is 233 Å². The van der Waals surface area contributed by atoms with Gasteiger partial charge in [0.2, 0.25) is 0 Å². The minimum atomic E-state index is -0.663. The number of nitrogens with zero attached hydrogens (tertiary/aromatic N) is 4. The number of azo groups is 1. The van der Waals surface area contributed by atoms with E-state index < -0.39 is 11.1 Å². The Morgan fingerprint density at radius 3 is 1.23 bits per heavy atom. The first-order valence-corrected chi connectivity index (χ1v) is 13.4. The van der Waals surface area contributed by atoms with Gasteiger partial charge in [0.05, 0.1) is 22.4 Å². The molecule has 6 aromatic rings. The largest absolute Gasteiger partial charge is 0.508 e. The average molecular weight is 529 g/mol. The molecule has 0 amide bonds. The number of hydrogen-bond acceptors (Lipinski definition) is 4. The highest BCUT2D eigenvalue weighted by Gasteiger charge is 2.31. The molecule has 0 saturated carbocycles. The molecule has 0 aliphatic heterocycles. The molecular weight excluding hydrogens is 496 g/mol. The number of benzene rings is 4. The van der Waals surface area contributed by atoms with Gasteiger partial charge in [-0.1, -0.05) is 36.4 Å². The minimum absolute atomic E-state index is 0.228. The van der Waals surface area contributed by atoms with Crippen LogP contribution in [0.5, 0.6) is 11.5 Å². The molecule has 0 unspecified atom stereocenters. The van der Waals surface area contributed by atoms with Gasteiger partial charge in [-0.2, -0.15) is 10.2 Å². The molecule has 0 fully saturated rings. The van der Waals surface area contributed by atoms with Crippen molar-refractivity contribution in [3.05, 3.63) is 121 Å². The van der Waals surface area contributed by atoms with Crippen LogP contribution in [-0.2, 0) is 11.1 Å². The summed E-state index contributed by atoms with van der Waals surface area (Å²) < 4.78 is 4.38. The number of fused-ring (bicyclic) bond motifs is 2. The van der Waals surface area contributed by atoms with E-state index in [2.05, 4.69) is 73.2 Å². The average Bonchev–Trinajstić information content (AvgIpc) is 3.54. The zero-order chi connectivity index (χ0) is 28.1. The smallest absolute Gasteiger partial charge is 0.116 e. The molecule has 4 aromatic carbocycles. The summed E-state index contributed by atoms with van der Waals surface area (Å²) in [6.07, 6.45) is 0. The summed E-state index contributed by atoms with van der Waals surface area (Å²) in [6, 6.07) is 35.3. The van der Waals surface area contributed by atoms with Gasteiger partial charge in [0.1, 0.15) is 22.6 Å². The Hall–Kier alpha value is -4.84. The molecule has 0 saturated heterocycles. The summed E-state index contributed by atoms with van der Waals surface area (Å²) in [6.45, 7) is 8.31. The molecule has 0 aliphatic rings. The van der Waals surface area contributed by atoms with Gasteiger partial charge in [0.15, 0.2) is 0 Å². The number of aromatic hydroxyl groups is 2. The molecule has 6 rings (SSSR count). The first-order chi connectivity index (χ1) is 19.1. The van der Waals surface area contributed by atoms with Crippen molar-refractivity contribution in [1.29, 1.82) is 0 Å². The van der Waals surface area contributed by atoms with Crippen LogP contribution in [-0.4, -0.2) is 19.3 Å². The number of hydrogen-bond donors (Lipinski definition) is 2. The minimum Gasteiger partial charge on any atom is -0.508 e. The fraction of sp³-hybridized carbons (Fsp3) is 0.176. The number of phenolic OH excluding ortho intramolecular Hbond substituents is 2. The van der Waals surface area contributed by atoms with E-state index >= 15 is 0 Å². The zero-order valence-electron chi connectivity index (χ0n) is 23.1. The number of rotatable bonds is 6. The maximum Gasteiger partial charge on any atom is 0.116 e. The zero-order valence-corrected chi connectivity index (χ0v) is 23.1. The van der Waals surface area contributed by atoms with E-state index in [1.807, 2.05) is 48.5 Å². The van der Waals surface area contributed by atoms with E-state index in [0.717, 1.165) is 44.6 Å². The lowest BCUT2D eigenvalue weighted by atomic mass is 10.00. The lowest BCUT2D eigenvalue weighted by molar-refractivity contribution is 0.420. The van der Waals surface area contributed by atoms with Crippen molar-refractivity contribution in [2.24, 2.45) is 10.2 Å². The maximum absolute atomic E-state index is 9.89. The normalized spacial score (nSPS) is 12.6.